The van der Waals surface area contributed by atoms with E-state index in [2.05, 4.69) is 10.6 Å². The van der Waals surface area contributed by atoms with E-state index >= 15 is 4.39 Å². The van der Waals surface area contributed by atoms with Gasteiger partial charge in [0, 0.05) is 31.8 Å². The summed E-state index contributed by atoms with van der Waals surface area (Å²) in [5, 5.41) is 27.4. The van der Waals surface area contributed by atoms with Crippen LogP contribution in [-0.2, 0) is 10.3 Å². The Morgan fingerprint density at radius 3 is 2.59 bits per heavy atom. The van der Waals surface area contributed by atoms with Crippen molar-refractivity contribution in [3.8, 4) is 0 Å². The number of carbonyl (C=O) groups excluding carboxylic acids is 1. The number of hydrogen-bond acceptors (Lipinski definition) is 5. The molecule has 7 nitrogen and oxygen atoms in total. The van der Waals surface area contributed by atoms with E-state index in [1.165, 1.54) is 30.3 Å². The molecule has 0 aliphatic carbocycles. The number of fused-ring (bicyclic) bond motifs is 2. The lowest BCUT2D eigenvalue weighted by Crippen LogP contribution is -2.49. The minimum absolute atomic E-state index is 0.0610. The fraction of sp³-hybridized carbons (Fsp3) is 0.278. The van der Waals surface area contributed by atoms with Gasteiger partial charge in [-0.3, -0.25) is 20.2 Å². The highest BCUT2D eigenvalue weighted by atomic mass is 35.5. The van der Waals surface area contributed by atoms with Gasteiger partial charge in [0.25, 0.3) is 0 Å². The van der Waals surface area contributed by atoms with Gasteiger partial charge in [-0.25, -0.2) is 4.39 Å². The maximum atomic E-state index is 15.0. The predicted octanol–water partition coefficient (Wildman–Crippen LogP) is 3.33. The van der Waals surface area contributed by atoms with Crippen LogP contribution in [0.15, 0.2) is 30.3 Å². The summed E-state index contributed by atoms with van der Waals surface area (Å²) in [7, 11) is 0. The predicted molar refractivity (Wildman–Crippen MR) is 106 cm³/mol. The molecule has 1 spiro atoms. The number of aliphatic hydroxyl groups excluding tert-OH is 1. The Morgan fingerprint density at radius 1 is 1.21 bits per heavy atom. The summed E-state index contributed by atoms with van der Waals surface area (Å²) in [6.07, 6.45) is 0. The average Bonchev–Trinajstić information content (AvgIpc) is 3.13. The van der Waals surface area contributed by atoms with Crippen LogP contribution in [-0.4, -0.2) is 34.6 Å². The third kappa shape index (κ3) is 2.90. The topological polar surface area (TPSA) is 104 Å². The van der Waals surface area contributed by atoms with Crippen LogP contribution in [0.5, 0.6) is 0 Å². The number of amides is 1. The SMILES string of the molecule is O=C1Nc2cc(Cl)ccc2[C@]12N[C@@H](CO)[C@@H]([N+](=O)[O-])[C@@H]2c1cc(Cl)cc(Cl)c1F. The molecule has 2 heterocycles. The molecule has 0 aromatic heterocycles. The molecule has 3 N–H and O–H groups in total. The molecule has 4 atom stereocenters. The molecular formula is C18H13Cl3FN3O4. The Balaban J connectivity index is 2.04. The van der Waals surface area contributed by atoms with Crippen LogP contribution in [0.4, 0.5) is 10.1 Å². The fourth-order valence-electron chi connectivity index (χ4n) is 4.36. The van der Waals surface area contributed by atoms with Crippen molar-refractivity contribution < 1.29 is 19.2 Å². The third-order valence-electron chi connectivity index (χ3n) is 5.44. The maximum Gasteiger partial charge on any atom is 0.250 e. The first-order valence-electron chi connectivity index (χ1n) is 8.48. The van der Waals surface area contributed by atoms with E-state index in [1.54, 1.807) is 0 Å². The van der Waals surface area contributed by atoms with Crippen LogP contribution in [0, 0.1) is 15.9 Å². The molecule has 2 aliphatic heterocycles. The number of aliphatic hydroxyl groups is 1. The van der Waals surface area contributed by atoms with Gasteiger partial charge in [0.2, 0.25) is 11.9 Å². The van der Waals surface area contributed by atoms with Gasteiger partial charge in [-0.1, -0.05) is 40.9 Å². The van der Waals surface area contributed by atoms with Crippen LogP contribution < -0.4 is 10.6 Å². The largest absolute Gasteiger partial charge is 0.394 e. The van der Waals surface area contributed by atoms with E-state index in [-0.39, 0.29) is 15.6 Å². The third-order valence-corrected chi connectivity index (χ3v) is 6.17. The molecular weight excluding hydrogens is 448 g/mol. The van der Waals surface area contributed by atoms with E-state index in [0.29, 0.717) is 16.3 Å². The maximum absolute atomic E-state index is 15.0. The fourth-order valence-corrected chi connectivity index (χ4v) is 5.04. The second-order valence-electron chi connectivity index (χ2n) is 6.93. The molecule has 1 fully saturated rings. The van der Waals surface area contributed by atoms with Gasteiger partial charge < -0.3 is 10.4 Å². The van der Waals surface area contributed by atoms with Gasteiger partial charge in [-0.05, 0) is 24.3 Å². The summed E-state index contributed by atoms with van der Waals surface area (Å²) in [6.45, 7) is -0.643. The van der Waals surface area contributed by atoms with Crippen LogP contribution in [0.25, 0.3) is 0 Å². The Hall–Kier alpha value is -1.97. The lowest BCUT2D eigenvalue weighted by molar-refractivity contribution is -0.527. The number of nitrogens with zero attached hydrogens (tertiary/aromatic N) is 1. The van der Waals surface area contributed by atoms with E-state index in [0.717, 1.165) is 0 Å². The minimum Gasteiger partial charge on any atom is -0.394 e. The summed E-state index contributed by atoms with van der Waals surface area (Å²) in [4.78, 5) is 24.5. The highest BCUT2D eigenvalue weighted by Crippen LogP contribution is 2.53. The van der Waals surface area contributed by atoms with Gasteiger partial charge in [-0.15, -0.1) is 0 Å². The van der Waals surface area contributed by atoms with Crippen molar-refractivity contribution in [2.24, 2.45) is 0 Å². The van der Waals surface area contributed by atoms with Crippen LogP contribution in [0.2, 0.25) is 15.1 Å². The van der Waals surface area contributed by atoms with Crippen molar-refractivity contribution in [2.45, 2.75) is 23.5 Å². The molecule has 0 unspecified atom stereocenters. The van der Waals surface area contributed by atoms with Crippen molar-refractivity contribution >= 4 is 46.4 Å². The van der Waals surface area contributed by atoms with Crippen molar-refractivity contribution in [1.29, 1.82) is 0 Å². The van der Waals surface area contributed by atoms with Gasteiger partial charge in [-0.2, -0.15) is 0 Å². The Bertz CT molecular complexity index is 1050. The molecule has 2 aromatic rings. The number of benzene rings is 2. The molecule has 2 aromatic carbocycles. The summed E-state index contributed by atoms with van der Waals surface area (Å²) >= 11 is 18.0. The first-order chi connectivity index (χ1) is 13.7. The number of halogens is 4. The highest BCUT2D eigenvalue weighted by molar-refractivity contribution is 6.34. The zero-order valence-electron chi connectivity index (χ0n) is 14.5. The summed E-state index contributed by atoms with van der Waals surface area (Å²) in [5.74, 6) is -2.88. The Kier molecular flexibility index (Phi) is 4.95. The quantitative estimate of drug-likeness (QED) is 0.370. The standard InChI is InChI=1S/C18H13Cl3FN3O4/c19-7-1-2-10-12(5-7)23-17(27)18(10)14(16(25(28)29)13(6-26)24-18)9-3-8(20)4-11(21)15(9)22/h1-5,13-14,16,24,26H,6H2,(H,23,27)/t13-,14-,16+,18+/m0/s1. The number of carbonyl (C=O) groups is 1. The Labute approximate surface area is 178 Å². The number of nitro groups is 1. The summed E-state index contributed by atoms with van der Waals surface area (Å²) in [5.41, 5.74) is -1.21. The zero-order chi connectivity index (χ0) is 21.1. The van der Waals surface area contributed by atoms with Crippen molar-refractivity contribution in [1.82, 2.24) is 5.32 Å². The number of nitrogens with one attached hydrogen (secondary N) is 2. The molecule has 1 amide bonds. The van der Waals surface area contributed by atoms with E-state index < -0.39 is 46.8 Å². The van der Waals surface area contributed by atoms with Crippen LogP contribution >= 0.6 is 34.8 Å². The first kappa shape index (κ1) is 20.3. The van der Waals surface area contributed by atoms with E-state index in [9.17, 15) is 20.0 Å². The van der Waals surface area contributed by atoms with Crippen molar-refractivity contribution in [3.63, 3.8) is 0 Å². The second kappa shape index (κ2) is 7.07. The molecule has 29 heavy (non-hydrogen) atoms. The second-order valence-corrected chi connectivity index (χ2v) is 8.21. The number of rotatable bonds is 3. The van der Waals surface area contributed by atoms with E-state index in [1.807, 2.05) is 0 Å². The summed E-state index contributed by atoms with van der Waals surface area (Å²) in [6, 6.07) is 4.29. The lowest BCUT2D eigenvalue weighted by atomic mass is 9.74. The highest BCUT2D eigenvalue weighted by Gasteiger charge is 2.67. The molecule has 0 bridgehead atoms. The number of hydrogen-bond donors (Lipinski definition) is 3. The molecule has 4 rings (SSSR count). The minimum atomic E-state index is -1.72. The normalized spacial score (nSPS) is 27.9. The first-order valence-corrected chi connectivity index (χ1v) is 9.62. The lowest BCUT2D eigenvalue weighted by Gasteiger charge is -2.30. The van der Waals surface area contributed by atoms with Gasteiger partial charge >= 0.3 is 0 Å². The molecule has 11 heteroatoms. The molecule has 2 aliphatic rings. The smallest absolute Gasteiger partial charge is 0.250 e. The van der Waals surface area contributed by atoms with Crippen LogP contribution in [0.1, 0.15) is 17.0 Å². The Morgan fingerprint density at radius 2 is 1.93 bits per heavy atom. The summed E-state index contributed by atoms with van der Waals surface area (Å²) < 4.78 is 15.0. The van der Waals surface area contributed by atoms with Crippen molar-refractivity contribution in [2.75, 3.05) is 11.9 Å². The monoisotopic (exact) mass is 459 g/mol. The van der Waals surface area contributed by atoms with Gasteiger partial charge in [0.15, 0.2) is 0 Å². The van der Waals surface area contributed by atoms with Gasteiger partial charge in [0.05, 0.1) is 17.5 Å². The molecule has 0 radical (unpaired) electrons. The average molecular weight is 461 g/mol. The van der Waals surface area contributed by atoms with E-state index in [4.69, 9.17) is 34.8 Å². The van der Waals surface area contributed by atoms with Crippen molar-refractivity contribution in [3.05, 3.63) is 72.5 Å². The number of anilines is 1. The zero-order valence-corrected chi connectivity index (χ0v) is 16.7. The molecule has 0 saturated carbocycles. The van der Waals surface area contributed by atoms with Crippen LogP contribution in [0.3, 0.4) is 0 Å². The van der Waals surface area contributed by atoms with Gasteiger partial charge in [0.1, 0.15) is 17.4 Å². The molecule has 1 saturated heterocycles. The molecule has 152 valence electrons.